The smallest absolute Gasteiger partial charge is 0.259 e. The minimum Gasteiger partial charge on any atom is -0.334 e. The maximum atomic E-state index is 12.0. The predicted octanol–water partition coefficient (Wildman–Crippen LogP) is 3.82. The van der Waals surface area contributed by atoms with Crippen molar-refractivity contribution in [3.63, 3.8) is 0 Å². The largest absolute Gasteiger partial charge is 0.334 e. The summed E-state index contributed by atoms with van der Waals surface area (Å²) < 4.78 is 5.08. The van der Waals surface area contributed by atoms with Gasteiger partial charge in [0.25, 0.3) is 5.89 Å². The molecule has 122 valence electrons. The number of aryl methyl sites for hydroxylation is 1. The van der Waals surface area contributed by atoms with Gasteiger partial charge in [0.05, 0.1) is 16.3 Å². The summed E-state index contributed by atoms with van der Waals surface area (Å²) in [6.07, 6.45) is 1.64. The van der Waals surface area contributed by atoms with Crippen LogP contribution in [-0.2, 0) is 4.79 Å². The minimum absolute atomic E-state index is 0.124. The number of aromatic nitrogens is 3. The highest BCUT2D eigenvalue weighted by atomic mass is 35.5. The molecule has 0 bridgehead atoms. The van der Waals surface area contributed by atoms with Crippen LogP contribution in [0.4, 0.5) is 5.69 Å². The van der Waals surface area contributed by atoms with E-state index in [-0.39, 0.29) is 11.7 Å². The lowest BCUT2D eigenvalue weighted by Gasteiger charge is -2.05. The molecule has 8 heteroatoms. The second kappa shape index (κ2) is 7.46. The number of hydrogen-bond donors (Lipinski definition) is 1. The van der Waals surface area contributed by atoms with Gasteiger partial charge < -0.3 is 9.84 Å². The Bertz CT molecular complexity index is 851. The number of halogens is 1. The van der Waals surface area contributed by atoms with Crippen molar-refractivity contribution in [1.82, 2.24) is 15.1 Å². The number of anilines is 1. The molecule has 0 saturated carbocycles. The van der Waals surface area contributed by atoms with Crippen molar-refractivity contribution in [3.8, 4) is 11.5 Å². The molecule has 24 heavy (non-hydrogen) atoms. The lowest BCUT2D eigenvalue weighted by Crippen LogP contribution is -2.13. The number of nitrogens with one attached hydrogen (secondary N) is 1. The molecule has 2 aromatic heterocycles. The Labute approximate surface area is 147 Å². The standard InChI is InChI=1S/C16H13ClN4O2S/c1-10-19-16(23-21-10)11-5-6-15(18-8-11)24-9-14(22)20-13-4-2-3-12(17)7-13/h2-8H,9H2,1H3,(H,20,22). The van der Waals surface area contributed by atoms with Gasteiger partial charge in [-0.1, -0.05) is 34.6 Å². The van der Waals surface area contributed by atoms with Gasteiger partial charge in [0.2, 0.25) is 5.91 Å². The van der Waals surface area contributed by atoms with Crippen LogP contribution < -0.4 is 5.32 Å². The molecule has 0 fully saturated rings. The first-order chi connectivity index (χ1) is 11.6. The number of carbonyl (C=O) groups excluding carboxylic acids is 1. The van der Waals surface area contributed by atoms with E-state index in [1.54, 1.807) is 37.4 Å². The second-order valence-corrected chi connectivity index (χ2v) is 6.31. The number of hydrogen-bond acceptors (Lipinski definition) is 6. The van der Waals surface area contributed by atoms with Crippen LogP contribution in [0.5, 0.6) is 0 Å². The average molecular weight is 361 g/mol. The van der Waals surface area contributed by atoms with Crippen LogP contribution in [0.3, 0.4) is 0 Å². The minimum atomic E-state index is -0.124. The molecule has 3 rings (SSSR count). The summed E-state index contributed by atoms with van der Waals surface area (Å²) in [6.45, 7) is 1.75. The predicted molar refractivity (Wildman–Crippen MR) is 93.1 cm³/mol. The van der Waals surface area contributed by atoms with E-state index in [1.165, 1.54) is 11.8 Å². The zero-order chi connectivity index (χ0) is 16.9. The summed E-state index contributed by atoms with van der Waals surface area (Å²) in [4.78, 5) is 20.4. The number of rotatable bonds is 5. The number of carbonyl (C=O) groups is 1. The summed E-state index contributed by atoms with van der Waals surface area (Å²) >= 11 is 7.22. The van der Waals surface area contributed by atoms with Crippen molar-refractivity contribution >= 4 is 35.0 Å². The highest BCUT2D eigenvalue weighted by molar-refractivity contribution is 7.99. The molecule has 2 heterocycles. The van der Waals surface area contributed by atoms with Gasteiger partial charge in [-0.2, -0.15) is 4.98 Å². The van der Waals surface area contributed by atoms with Crippen LogP contribution in [0.15, 0.2) is 52.1 Å². The molecule has 0 aliphatic rings. The van der Waals surface area contributed by atoms with E-state index < -0.39 is 0 Å². The first kappa shape index (κ1) is 16.5. The molecule has 0 spiro atoms. The summed E-state index contributed by atoms with van der Waals surface area (Å²) in [6, 6.07) is 10.7. The fourth-order valence-electron chi connectivity index (χ4n) is 1.91. The molecule has 0 unspecified atom stereocenters. The Balaban J connectivity index is 1.55. The maximum absolute atomic E-state index is 12.0. The molecule has 6 nitrogen and oxygen atoms in total. The second-order valence-electron chi connectivity index (χ2n) is 4.88. The molecule has 0 aliphatic heterocycles. The zero-order valence-electron chi connectivity index (χ0n) is 12.7. The monoisotopic (exact) mass is 360 g/mol. The molecule has 0 saturated heterocycles. The maximum Gasteiger partial charge on any atom is 0.259 e. The van der Waals surface area contributed by atoms with Crippen molar-refractivity contribution in [3.05, 3.63) is 53.4 Å². The molecule has 1 amide bonds. The zero-order valence-corrected chi connectivity index (χ0v) is 14.3. The van der Waals surface area contributed by atoms with Gasteiger partial charge in [0, 0.05) is 16.9 Å². The molecule has 0 atom stereocenters. The van der Waals surface area contributed by atoms with Gasteiger partial charge in [-0.3, -0.25) is 4.79 Å². The van der Waals surface area contributed by atoms with Crippen LogP contribution >= 0.6 is 23.4 Å². The number of nitrogens with zero attached hydrogens (tertiary/aromatic N) is 3. The van der Waals surface area contributed by atoms with E-state index >= 15 is 0 Å². The Morgan fingerprint density at radius 3 is 2.88 bits per heavy atom. The lowest BCUT2D eigenvalue weighted by molar-refractivity contribution is -0.113. The van der Waals surface area contributed by atoms with Crippen molar-refractivity contribution in [2.24, 2.45) is 0 Å². The number of pyridine rings is 1. The molecule has 0 aliphatic carbocycles. The fourth-order valence-corrected chi connectivity index (χ4v) is 2.74. The highest BCUT2D eigenvalue weighted by Crippen LogP contribution is 2.21. The van der Waals surface area contributed by atoms with Crippen molar-refractivity contribution in [1.29, 1.82) is 0 Å². The van der Waals surface area contributed by atoms with Crippen LogP contribution in [-0.4, -0.2) is 26.8 Å². The van der Waals surface area contributed by atoms with E-state index in [4.69, 9.17) is 16.1 Å². The van der Waals surface area contributed by atoms with Gasteiger partial charge >= 0.3 is 0 Å². The van der Waals surface area contributed by atoms with Crippen LogP contribution in [0.2, 0.25) is 5.02 Å². The third-order valence-corrected chi connectivity index (χ3v) is 4.15. The molecule has 1 aromatic carbocycles. The van der Waals surface area contributed by atoms with Crippen molar-refractivity contribution < 1.29 is 9.32 Å². The highest BCUT2D eigenvalue weighted by Gasteiger charge is 2.08. The number of thioether (sulfide) groups is 1. The molecular weight excluding hydrogens is 348 g/mol. The topological polar surface area (TPSA) is 80.9 Å². The lowest BCUT2D eigenvalue weighted by atomic mass is 10.3. The summed E-state index contributed by atoms with van der Waals surface area (Å²) in [5, 5.41) is 7.84. The fraction of sp³-hybridized carbons (Fsp3) is 0.125. The quantitative estimate of drug-likeness (QED) is 0.696. The first-order valence-corrected chi connectivity index (χ1v) is 8.41. The SMILES string of the molecule is Cc1noc(-c2ccc(SCC(=O)Nc3cccc(Cl)c3)nc2)n1. The Morgan fingerprint density at radius 1 is 1.33 bits per heavy atom. The number of benzene rings is 1. The van der Waals surface area contributed by atoms with Gasteiger partial charge in [-0.15, -0.1) is 0 Å². The molecule has 0 radical (unpaired) electrons. The first-order valence-electron chi connectivity index (χ1n) is 7.05. The summed E-state index contributed by atoms with van der Waals surface area (Å²) in [5.74, 6) is 1.12. The molecule has 1 N–H and O–H groups in total. The molecule has 3 aromatic rings. The number of amides is 1. The van der Waals surface area contributed by atoms with Crippen molar-refractivity contribution in [2.75, 3.05) is 11.1 Å². The van der Waals surface area contributed by atoms with Crippen LogP contribution in [0.1, 0.15) is 5.82 Å². The Hall–Kier alpha value is -2.38. The summed E-state index contributed by atoms with van der Waals surface area (Å²) in [7, 11) is 0. The van der Waals surface area contributed by atoms with Gasteiger partial charge in [-0.25, -0.2) is 4.98 Å². The van der Waals surface area contributed by atoms with Gasteiger partial charge in [-0.05, 0) is 37.3 Å². The van der Waals surface area contributed by atoms with Crippen LogP contribution in [0.25, 0.3) is 11.5 Å². The Morgan fingerprint density at radius 2 is 2.21 bits per heavy atom. The average Bonchev–Trinajstić information content (AvgIpc) is 3.00. The van der Waals surface area contributed by atoms with Gasteiger partial charge in [0.15, 0.2) is 5.82 Å². The normalized spacial score (nSPS) is 10.6. The summed E-state index contributed by atoms with van der Waals surface area (Å²) in [5.41, 5.74) is 1.41. The third-order valence-electron chi connectivity index (χ3n) is 2.97. The van der Waals surface area contributed by atoms with E-state index in [9.17, 15) is 4.79 Å². The Kier molecular flexibility index (Phi) is 5.12. The van der Waals surface area contributed by atoms with Gasteiger partial charge in [0.1, 0.15) is 0 Å². The third kappa shape index (κ3) is 4.33. The van der Waals surface area contributed by atoms with E-state index in [0.29, 0.717) is 22.4 Å². The van der Waals surface area contributed by atoms with E-state index in [1.807, 2.05) is 12.1 Å². The van der Waals surface area contributed by atoms with E-state index in [2.05, 4.69) is 20.4 Å². The van der Waals surface area contributed by atoms with E-state index in [0.717, 1.165) is 10.6 Å². The molecular formula is C16H13ClN4O2S. The van der Waals surface area contributed by atoms with Crippen molar-refractivity contribution in [2.45, 2.75) is 11.9 Å². The van der Waals surface area contributed by atoms with Crippen LogP contribution in [0, 0.1) is 6.92 Å².